The number of hydrogen-bond donors (Lipinski definition) is 1. The van der Waals surface area contributed by atoms with E-state index in [1.165, 1.54) is 30.4 Å². The van der Waals surface area contributed by atoms with Gasteiger partial charge in [-0.15, -0.1) is 0 Å². The Balaban J connectivity index is 2.08. The fourth-order valence-corrected chi connectivity index (χ4v) is 2.79. The Labute approximate surface area is 104 Å². The molecule has 1 aliphatic carbocycles. The average molecular weight is 233 g/mol. The number of aryl methyl sites for hydroxylation is 1. The van der Waals surface area contributed by atoms with Crippen molar-refractivity contribution < 1.29 is 4.74 Å². The second-order valence-corrected chi connectivity index (χ2v) is 5.13. The zero-order valence-electron chi connectivity index (χ0n) is 10.9. The topological polar surface area (TPSA) is 35.2 Å². The van der Waals surface area contributed by atoms with E-state index in [4.69, 9.17) is 10.5 Å². The Morgan fingerprint density at radius 1 is 1.41 bits per heavy atom. The molecule has 0 saturated carbocycles. The van der Waals surface area contributed by atoms with Crippen LogP contribution in [0, 0.1) is 0 Å². The van der Waals surface area contributed by atoms with E-state index in [2.05, 4.69) is 31.2 Å². The molecule has 2 heteroatoms. The highest BCUT2D eigenvalue weighted by molar-refractivity contribution is 5.32. The number of ether oxygens (including phenoxy) is 1. The van der Waals surface area contributed by atoms with E-state index < -0.39 is 0 Å². The van der Waals surface area contributed by atoms with Crippen LogP contribution >= 0.6 is 0 Å². The molecule has 1 aromatic carbocycles. The lowest BCUT2D eigenvalue weighted by Gasteiger charge is -2.29. The maximum absolute atomic E-state index is 6.19. The minimum atomic E-state index is 0.135. The molecule has 0 fully saturated rings. The highest BCUT2D eigenvalue weighted by atomic mass is 16.5. The third-order valence-corrected chi connectivity index (χ3v) is 4.03. The van der Waals surface area contributed by atoms with Gasteiger partial charge in [0.05, 0.1) is 6.10 Å². The number of benzene rings is 1. The third kappa shape index (κ3) is 2.88. The second kappa shape index (κ2) is 5.65. The van der Waals surface area contributed by atoms with Gasteiger partial charge in [-0.05, 0) is 49.7 Å². The van der Waals surface area contributed by atoms with Gasteiger partial charge in [-0.3, -0.25) is 0 Å². The van der Waals surface area contributed by atoms with Gasteiger partial charge in [-0.2, -0.15) is 0 Å². The summed E-state index contributed by atoms with van der Waals surface area (Å²) in [6.45, 7) is 2.05. The predicted molar refractivity (Wildman–Crippen MR) is 71.2 cm³/mol. The molecule has 0 bridgehead atoms. The van der Waals surface area contributed by atoms with Crippen LogP contribution in [0.25, 0.3) is 0 Å². The molecule has 0 aromatic heterocycles. The van der Waals surface area contributed by atoms with Crippen LogP contribution in [-0.2, 0) is 11.2 Å². The van der Waals surface area contributed by atoms with Crippen LogP contribution in [-0.4, -0.2) is 19.3 Å². The van der Waals surface area contributed by atoms with Gasteiger partial charge in [-0.25, -0.2) is 0 Å². The van der Waals surface area contributed by atoms with Crippen molar-refractivity contribution in [2.24, 2.45) is 5.73 Å². The van der Waals surface area contributed by atoms with Gasteiger partial charge in [0.1, 0.15) is 0 Å². The summed E-state index contributed by atoms with van der Waals surface area (Å²) in [7, 11) is 1.74. The first-order valence-electron chi connectivity index (χ1n) is 6.58. The number of methoxy groups -OCH3 is 1. The van der Waals surface area contributed by atoms with E-state index in [-0.39, 0.29) is 12.1 Å². The lowest BCUT2D eigenvalue weighted by Crippen LogP contribution is -2.35. The molecule has 0 aliphatic heterocycles. The molecule has 1 aromatic rings. The molecule has 2 N–H and O–H groups in total. The smallest absolute Gasteiger partial charge is 0.0694 e. The third-order valence-electron chi connectivity index (χ3n) is 4.03. The van der Waals surface area contributed by atoms with E-state index >= 15 is 0 Å². The summed E-state index contributed by atoms with van der Waals surface area (Å²) in [6, 6.07) is 8.94. The lowest BCUT2D eigenvalue weighted by molar-refractivity contribution is 0.0899. The molecular weight excluding hydrogens is 210 g/mol. The van der Waals surface area contributed by atoms with Crippen LogP contribution in [0.1, 0.15) is 43.2 Å². The molecule has 2 nitrogen and oxygen atoms in total. The van der Waals surface area contributed by atoms with Crippen molar-refractivity contribution in [2.45, 2.75) is 50.7 Å². The van der Waals surface area contributed by atoms with Gasteiger partial charge in [-0.1, -0.05) is 24.3 Å². The standard InChI is InChI=1S/C15H23NO/c1-11(17-2)15(16)10-13-8-5-7-12-6-3-4-9-14(12)13/h3-4,6,9,11,13,15H,5,7-8,10,16H2,1-2H3. The SMILES string of the molecule is COC(C)C(N)CC1CCCc2ccccc21. The van der Waals surface area contributed by atoms with Crippen molar-refractivity contribution in [2.75, 3.05) is 7.11 Å². The van der Waals surface area contributed by atoms with Crippen molar-refractivity contribution in [3.63, 3.8) is 0 Å². The highest BCUT2D eigenvalue weighted by Crippen LogP contribution is 2.34. The largest absolute Gasteiger partial charge is 0.380 e. The number of hydrogen-bond acceptors (Lipinski definition) is 2. The normalized spacial score (nSPS) is 22.9. The maximum atomic E-state index is 6.19. The minimum Gasteiger partial charge on any atom is -0.380 e. The molecule has 94 valence electrons. The second-order valence-electron chi connectivity index (χ2n) is 5.13. The summed E-state index contributed by atoms with van der Waals surface area (Å²) >= 11 is 0. The lowest BCUT2D eigenvalue weighted by atomic mass is 9.79. The zero-order chi connectivity index (χ0) is 12.3. The molecule has 0 spiro atoms. The quantitative estimate of drug-likeness (QED) is 0.868. The molecule has 0 saturated heterocycles. The van der Waals surface area contributed by atoms with Crippen molar-refractivity contribution in [3.8, 4) is 0 Å². The Morgan fingerprint density at radius 3 is 2.94 bits per heavy atom. The Morgan fingerprint density at radius 2 is 2.18 bits per heavy atom. The van der Waals surface area contributed by atoms with Crippen molar-refractivity contribution >= 4 is 0 Å². The molecular formula is C15H23NO. The van der Waals surface area contributed by atoms with E-state index in [0.717, 1.165) is 6.42 Å². The van der Waals surface area contributed by atoms with E-state index in [9.17, 15) is 0 Å². The van der Waals surface area contributed by atoms with Gasteiger partial charge in [0.15, 0.2) is 0 Å². The van der Waals surface area contributed by atoms with Crippen molar-refractivity contribution in [3.05, 3.63) is 35.4 Å². The summed E-state index contributed by atoms with van der Waals surface area (Å²) in [5.74, 6) is 0.618. The van der Waals surface area contributed by atoms with Gasteiger partial charge in [0.25, 0.3) is 0 Å². The zero-order valence-corrected chi connectivity index (χ0v) is 10.9. The average Bonchev–Trinajstić information content (AvgIpc) is 2.38. The van der Waals surface area contributed by atoms with Crippen molar-refractivity contribution in [1.82, 2.24) is 0 Å². The van der Waals surface area contributed by atoms with Crippen LogP contribution in [0.2, 0.25) is 0 Å². The van der Waals surface area contributed by atoms with Crippen LogP contribution in [0.15, 0.2) is 24.3 Å². The van der Waals surface area contributed by atoms with Gasteiger partial charge >= 0.3 is 0 Å². The summed E-state index contributed by atoms with van der Waals surface area (Å²) in [4.78, 5) is 0. The van der Waals surface area contributed by atoms with Crippen LogP contribution < -0.4 is 5.73 Å². The molecule has 3 unspecified atom stereocenters. The Kier molecular flexibility index (Phi) is 4.19. The summed E-state index contributed by atoms with van der Waals surface area (Å²) in [5, 5.41) is 0. The van der Waals surface area contributed by atoms with Gasteiger partial charge < -0.3 is 10.5 Å². The minimum absolute atomic E-state index is 0.135. The van der Waals surface area contributed by atoms with E-state index in [1.807, 2.05) is 0 Å². The van der Waals surface area contributed by atoms with Crippen molar-refractivity contribution in [1.29, 1.82) is 0 Å². The first-order chi connectivity index (χ1) is 8.22. The Bertz CT molecular complexity index is 364. The first kappa shape index (κ1) is 12.6. The van der Waals surface area contributed by atoms with Gasteiger partial charge in [0, 0.05) is 13.2 Å². The number of fused-ring (bicyclic) bond motifs is 1. The van der Waals surface area contributed by atoms with Gasteiger partial charge in [0.2, 0.25) is 0 Å². The summed E-state index contributed by atoms with van der Waals surface area (Å²) < 4.78 is 5.32. The maximum Gasteiger partial charge on any atom is 0.0694 e. The predicted octanol–water partition coefficient (Wildman–Crippen LogP) is 2.86. The molecule has 17 heavy (non-hydrogen) atoms. The first-order valence-corrected chi connectivity index (χ1v) is 6.58. The number of rotatable bonds is 4. The highest BCUT2D eigenvalue weighted by Gasteiger charge is 2.23. The molecule has 2 rings (SSSR count). The summed E-state index contributed by atoms with van der Waals surface area (Å²) in [5.41, 5.74) is 9.22. The fraction of sp³-hybridized carbons (Fsp3) is 0.600. The molecule has 3 atom stereocenters. The van der Waals surface area contributed by atoms with Crippen LogP contribution in [0.3, 0.4) is 0 Å². The van der Waals surface area contributed by atoms with Crippen LogP contribution in [0.5, 0.6) is 0 Å². The summed E-state index contributed by atoms with van der Waals surface area (Å²) in [6.07, 6.45) is 4.95. The monoisotopic (exact) mass is 233 g/mol. The van der Waals surface area contributed by atoms with E-state index in [0.29, 0.717) is 5.92 Å². The molecule has 0 radical (unpaired) electrons. The number of nitrogens with two attached hydrogens (primary N) is 1. The fourth-order valence-electron chi connectivity index (χ4n) is 2.79. The Hall–Kier alpha value is -0.860. The molecule has 0 amide bonds. The molecule has 1 aliphatic rings. The molecule has 0 heterocycles. The van der Waals surface area contributed by atoms with Crippen LogP contribution in [0.4, 0.5) is 0 Å². The van der Waals surface area contributed by atoms with E-state index in [1.54, 1.807) is 7.11 Å².